The number of nitro benzene ring substituents is 1. The fraction of sp³-hybridized carbons (Fsp3) is 0.250. The summed E-state index contributed by atoms with van der Waals surface area (Å²) >= 11 is 0.890. The number of nitrogens with one attached hydrogen (secondary N) is 2. The van der Waals surface area contributed by atoms with Crippen molar-refractivity contribution in [3.63, 3.8) is 0 Å². The Hall–Kier alpha value is -3.21. The number of aromatic nitrogens is 2. The number of carbonyl (C=O) groups is 2. The van der Waals surface area contributed by atoms with Crippen LogP contribution >= 0.6 is 11.8 Å². The molecule has 142 valence electrons. The molecule has 1 amide bonds. The number of esters is 1. The van der Waals surface area contributed by atoms with Gasteiger partial charge in [-0.15, -0.1) is 0 Å². The number of carbonyl (C=O) groups excluding carboxylic acids is 2. The molecule has 0 unspecified atom stereocenters. The predicted molar refractivity (Wildman–Crippen MR) is 98.0 cm³/mol. The molecule has 0 saturated carbocycles. The molecule has 2 N–H and O–H groups in total. The van der Waals surface area contributed by atoms with Gasteiger partial charge in [-0.1, -0.05) is 17.8 Å². The number of amides is 1. The number of non-ortho nitro benzene ring substituents is 1. The van der Waals surface area contributed by atoms with Gasteiger partial charge in [-0.25, -0.2) is 9.59 Å². The van der Waals surface area contributed by atoms with Gasteiger partial charge in [0.05, 0.1) is 17.3 Å². The highest BCUT2D eigenvalue weighted by molar-refractivity contribution is 8.00. The van der Waals surface area contributed by atoms with Gasteiger partial charge in [-0.2, -0.15) is 4.98 Å². The molecule has 27 heavy (non-hydrogen) atoms. The zero-order chi connectivity index (χ0) is 20.0. The van der Waals surface area contributed by atoms with E-state index in [2.05, 4.69) is 15.3 Å². The average Bonchev–Trinajstić information content (AvgIpc) is 2.59. The van der Waals surface area contributed by atoms with Gasteiger partial charge in [0.15, 0.2) is 0 Å². The number of thioether (sulfide) groups is 1. The highest BCUT2D eigenvalue weighted by Crippen LogP contribution is 2.23. The van der Waals surface area contributed by atoms with E-state index in [4.69, 9.17) is 4.74 Å². The first kappa shape index (κ1) is 20.1. The van der Waals surface area contributed by atoms with Crippen LogP contribution in [0.1, 0.15) is 23.0 Å². The second-order valence-electron chi connectivity index (χ2n) is 5.21. The van der Waals surface area contributed by atoms with E-state index in [1.807, 2.05) is 0 Å². The number of nitrogens with zero attached hydrogens (tertiary/aromatic N) is 2. The molecule has 10 nitrogen and oxygen atoms in total. The number of aryl methyl sites for hydroxylation is 1. The Morgan fingerprint density at radius 1 is 1.41 bits per heavy atom. The van der Waals surface area contributed by atoms with Crippen molar-refractivity contribution in [2.75, 3.05) is 17.7 Å². The number of anilines is 1. The van der Waals surface area contributed by atoms with Crippen molar-refractivity contribution < 1.29 is 19.2 Å². The summed E-state index contributed by atoms with van der Waals surface area (Å²) in [6.07, 6.45) is 0. The normalized spacial score (nSPS) is 10.3. The van der Waals surface area contributed by atoms with Gasteiger partial charge < -0.3 is 15.0 Å². The largest absolute Gasteiger partial charge is 0.462 e. The topological polar surface area (TPSA) is 144 Å². The van der Waals surface area contributed by atoms with E-state index in [1.165, 1.54) is 31.2 Å². The monoisotopic (exact) mass is 392 g/mol. The number of nitro groups is 1. The Kier molecular flexibility index (Phi) is 6.66. The van der Waals surface area contributed by atoms with Crippen molar-refractivity contribution >= 4 is 35.0 Å². The summed E-state index contributed by atoms with van der Waals surface area (Å²) in [5, 5.41) is 13.4. The van der Waals surface area contributed by atoms with Crippen LogP contribution in [0.15, 0.2) is 34.1 Å². The highest BCUT2D eigenvalue weighted by atomic mass is 32.2. The smallest absolute Gasteiger partial charge is 0.346 e. The first-order chi connectivity index (χ1) is 12.8. The van der Waals surface area contributed by atoms with E-state index in [0.717, 1.165) is 11.8 Å². The fourth-order valence-corrected chi connectivity index (χ4v) is 3.00. The maximum atomic E-state index is 12.1. The third kappa shape index (κ3) is 5.38. The Morgan fingerprint density at radius 3 is 2.81 bits per heavy atom. The number of H-pyrrole nitrogens is 1. The molecule has 0 aliphatic carbocycles. The van der Waals surface area contributed by atoms with Gasteiger partial charge in [0, 0.05) is 23.5 Å². The lowest BCUT2D eigenvalue weighted by atomic mass is 10.2. The Balaban J connectivity index is 2.13. The van der Waals surface area contributed by atoms with Crippen LogP contribution in [0.25, 0.3) is 0 Å². The van der Waals surface area contributed by atoms with Gasteiger partial charge in [-0.3, -0.25) is 14.9 Å². The van der Waals surface area contributed by atoms with E-state index >= 15 is 0 Å². The molecule has 0 spiro atoms. The summed E-state index contributed by atoms with van der Waals surface area (Å²) in [5.74, 6) is -1.29. The fourth-order valence-electron chi connectivity index (χ4n) is 2.14. The molecule has 0 saturated heterocycles. The highest BCUT2D eigenvalue weighted by Gasteiger charge is 2.20. The van der Waals surface area contributed by atoms with Crippen LogP contribution in [-0.2, 0) is 9.53 Å². The molecule has 11 heteroatoms. The maximum absolute atomic E-state index is 12.1. The Bertz CT molecular complexity index is 943. The SMILES string of the molecule is CCOC(=O)c1c(SCC(=O)Nc2cccc([N+](=O)[O-])c2)nc(=O)[nH]c1C. The lowest BCUT2D eigenvalue weighted by molar-refractivity contribution is -0.384. The number of hydrogen-bond acceptors (Lipinski definition) is 8. The summed E-state index contributed by atoms with van der Waals surface area (Å²) < 4.78 is 4.95. The van der Waals surface area contributed by atoms with Crippen molar-refractivity contribution in [3.8, 4) is 0 Å². The van der Waals surface area contributed by atoms with Gasteiger partial charge >= 0.3 is 11.7 Å². The van der Waals surface area contributed by atoms with E-state index in [9.17, 15) is 24.5 Å². The third-order valence-electron chi connectivity index (χ3n) is 3.25. The number of rotatable bonds is 7. The second-order valence-corrected chi connectivity index (χ2v) is 6.18. The quantitative estimate of drug-likeness (QED) is 0.239. The van der Waals surface area contributed by atoms with E-state index in [-0.39, 0.29) is 40.0 Å². The standard InChI is InChI=1S/C16H16N4O6S/c1-3-26-15(22)13-9(2)17-16(23)19-14(13)27-8-12(21)18-10-5-4-6-11(7-10)20(24)25/h4-7H,3,8H2,1-2H3,(H,18,21)(H,17,19,23). The average molecular weight is 392 g/mol. The van der Waals surface area contributed by atoms with Crippen LogP contribution in [0.3, 0.4) is 0 Å². The van der Waals surface area contributed by atoms with Crippen molar-refractivity contribution in [2.45, 2.75) is 18.9 Å². The van der Waals surface area contributed by atoms with Gasteiger partial charge in [0.1, 0.15) is 10.6 Å². The molecule has 0 aliphatic rings. The first-order valence-corrected chi connectivity index (χ1v) is 8.75. The van der Waals surface area contributed by atoms with E-state index in [1.54, 1.807) is 6.92 Å². The summed E-state index contributed by atoms with van der Waals surface area (Å²) in [6, 6.07) is 5.48. The molecule has 1 aromatic carbocycles. The summed E-state index contributed by atoms with van der Waals surface area (Å²) in [5.41, 5.74) is -0.172. The summed E-state index contributed by atoms with van der Waals surface area (Å²) in [7, 11) is 0. The van der Waals surface area contributed by atoms with Crippen LogP contribution in [0.2, 0.25) is 0 Å². The van der Waals surface area contributed by atoms with E-state index < -0.39 is 22.5 Å². The summed E-state index contributed by atoms with van der Waals surface area (Å²) in [4.78, 5) is 52.1. The van der Waals surface area contributed by atoms with Crippen LogP contribution in [0.5, 0.6) is 0 Å². The zero-order valence-electron chi connectivity index (χ0n) is 14.5. The molecular formula is C16H16N4O6S. The maximum Gasteiger partial charge on any atom is 0.346 e. The molecule has 0 atom stereocenters. The van der Waals surface area contributed by atoms with Crippen molar-refractivity contribution in [3.05, 3.63) is 56.1 Å². The van der Waals surface area contributed by atoms with Crippen LogP contribution in [0, 0.1) is 17.0 Å². The van der Waals surface area contributed by atoms with Crippen molar-refractivity contribution in [2.24, 2.45) is 0 Å². The minimum absolute atomic E-state index is 0.0730. The van der Waals surface area contributed by atoms with Crippen molar-refractivity contribution in [1.29, 1.82) is 0 Å². The minimum atomic E-state index is -0.652. The van der Waals surface area contributed by atoms with Gasteiger partial charge in [-0.05, 0) is 19.9 Å². The van der Waals surface area contributed by atoms with Gasteiger partial charge in [0.25, 0.3) is 5.69 Å². The second kappa shape index (κ2) is 8.94. The molecule has 0 bridgehead atoms. The number of hydrogen-bond donors (Lipinski definition) is 2. The molecule has 2 rings (SSSR count). The predicted octanol–water partition coefficient (Wildman–Crippen LogP) is 1.89. The van der Waals surface area contributed by atoms with Crippen LogP contribution in [-0.4, -0.2) is 39.1 Å². The van der Waals surface area contributed by atoms with Crippen LogP contribution < -0.4 is 11.0 Å². The lowest BCUT2D eigenvalue weighted by Gasteiger charge is -2.10. The molecule has 2 aromatic rings. The zero-order valence-corrected chi connectivity index (χ0v) is 15.3. The van der Waals surface area contributed by atoms with Crippen LogP contribution in [0.4, 0.5) is 11.4 Å². The number of benzene rings is 1. The Morgan fingerprint density at radius 2 is 2.15 bits per heavy atom. The van der Waals surface area contributed by atoms with Crippen molar-refractivity contribution in [1.82, 2.24) is 9.97 Å². The molecule has 1 aromatic heterocycles. The Labute approximate surface area is 157 Å². The third-order valence-corrected chi connectivity index (χ3v) is 4.22. The first-order valence-electron chi connectivity index (χ1n) is 7.77. The van der Waals surface area contributed by atoms with Gasteiger partial charge in [0.2, 0.25) is 5.91 Å². The number of aromatic amines is 1. The molecule has 0 aliphatic heterocycles. The molecule has 0 radical (unpaired) electrons. The molecular weight excluding hydrogens is 376 g/mol. The lowest BCUT2D eigenvalue weighted by Crippen LogP contribution is -2.21. The molecule has 0 fully saturated rings. The minimum Gasteiger partial charge on any atom is -0.462 e. The van der Waals surface area contributed by atoms with E-state index in [0.29, 0.717) is 0 Å². The summed E-state index contributed by atoms with van der Waals surface area (Å²) in [6.45, 7) is 3.32. The number of ether oxygens (including phenoxy) is 1. The molecule has 1 heterocycles.